The van der Waals surface area contributed by atoms with Gasteiger partial charge in [0, 0.05) is 24.4 Å². The number of ether oxygens (including phenoxy) is 2. The normalized spacial score (nSPS) is 11.6. The Hall–Kier alpha value is -3.33. The summed E-state index contributed by atoms with van der Waals surface area (Å²) in [5, 5.41) is 2.56. The third-order valence-electron chi connectivity index (χ3n) is 3.77. The third kappa shape index (κ3) is 8.06. The molecule has 1 N–H and O–H groups in total. The highest BCUT2D eigenvalue weighted by molar-refractivity contribution is 5.81. The number of nitrogens with zero attached hydrogens (tertiary/aromatic N) is 1. The second-order valence-corrected chi connectivity index (χ2v) is 7.49. The van der Waals surface area contributed by atoms with Crippen LogP contribution in [0.2, 0.25) is 0 Å². The van der Waals surface area contributed by atoms with E-state index in [-0.39, 0.29) is 13.0 Å². The summed E-state index contributed by atoms with van der Waals surface area (Å²) in [6.45, 7) is 7.29. The zero-order valence-electron chi connectivity index (χ0n) is 17.2. The highest BCUT2D eigenvalue weighted by Crippen LogP contribution is 2.09. The largest absolute Gasteiger partial charge is 0.459 e. The molecule has 1 aromatic heterocycles. The van der Waals surface area contributed by atoms with E-state index in [4.69, 9.17) is 9.47 Å². The molecule has 1 aromatic carbocycles. The van der Waals surface area contributed by atoms with Crippen LogP contribution < -0.4 is 5.32 Å². The number of amides is 1. The van der Waals surface area contributed by atoms with E-state index < -0.39 is 23.7 Å². The van der Waals surface area contributed by atoms with Crippen LogP contribution in [0.1, 0.15) is 43.9 Å². The zero-order chi connectivity index (χ0) is 21.3. The standard InChI is InChI=1S/C23H26N2O4/c1-17-13-14-24-15-19(17)11-8-12-20(25-22(27)29-23(2,3)4)21(26)28-16-18-9-6-5-7-10-18/h5-7,9-10,13-15,20H,12,16H2,1-4H3,(H,25,27). The Morgan fingerprint density at radius 2 is 1.90 bits per heavy atom. The van der Waals surface area contributed by atoms with Crippen molar-refractivity contribution in [2.75, 3.05) is 0 Å². The monoisotopic (exact) mass is 394 g/mol. The first-order valence-electron chi connectivity index (χ1n) is 9.34. The molecule has 1 unspecified atom stereocenters. The minimum Gasteiger partial charge on any atom is -0.459 e. The van der Waals surface area contributed by atoms with E-state index in [9.17, 15) is 9.59 Å². The predicted molar refractivity (Wildman–Crippen MR) is 110 cm³/mol. The van der Waals surface area contributed by atoms with Gasteiger partial charge in [0.25, 0.3) is 0 Å². The summed E-state index contributed by atoms with van der Waals surface area (Å²) in [6, 6.07) is 10.2. The number of esters is 1. The Labute approximate surface area is 171 Å². The topological polar surface area (TPSA) is 77.5 Å². The molecule has 1 heterocycles. The zero-order valence-corrected chi connectivity index (χ0v) is 17.2. The minimum atomic E-state index is -0.946. The Morgan fingerprint density at radius 3 is 2.55 bits per heavy atom. The van der Waals surface area contributed by atoms with Crippen LogP contribution in [0.15, 0.2) is 48.8 Å². The third-order valence-corrected chi connectivity index (χ3v) is 3.77. The summed E-state index contributed by atoms with van der Waals surface area (Å²) in [5.74, 6) is 5.34. The van der Waals surface area contributed by atoms with Gasteiger partial charge in [0.1, 0.15) is 18.2 Å². The van der Waals surface area contributed by atoms with Gasteiger partial charge in [0.15, 0.2) is 0 Å². The molecule has 0 spiro atoms. The van der Waals surface area contributed by atoms with E-state index in [1.54, 1.807) is 33.2 Å². The number of carbonyl (C=O) groups is 2. The molecule has 0 aliphatic heterocycles. The van der Waals surface area contributed by atoms with Gasteiger partial charge in [0.05, 0.1) is 0 Å². The van der Waals surface area contributed by atoms with Crippen molar-refractivity contribution < 1.29 is 19.1 Å². The van der Waals surface area contributed by atoms with Crippen molar-refractivity contribution in [1.29, 1.82) is 0 Å². The fourth-order valence-corrected chi connectivity index (χ4v) is 2.32. The van der Waals surface area contributed by atoms with E-state index in [0.29, 0.717) is 0 Å². The van der Waals surface area contributed by atoms with Crippen LogP contribution in [0.5, 0.6) is 0 Å². The van der Waals surface area contributed by atoms with E-state index in [0.717, 1.165) is 16.7 Å². The van der Waals surface area contributed by atoms with Gasteiger partial charge in [-0.25, -0.2) is 9.59 Å². The lowest BCUT2D eigenvalue weighted by molar-refractivity contribution is -0.147. The Morgan fingerprint density at radius 1 is 1.17 bits per heavy atom. The summed E-state index contributed by atoms with van der Waals surface area (Å²) >= 11 is 0. The highest BCUT2D eigenvalue weighted by atomic mass is 16.6. The van der Waals surface area contributed by atoms with Gasteiger partial charge in [-0.05, 0) is 44.9 Å². The molecule has 0 fully saturated rings. The Bertz CT molecular complexity index is 892. The van der Waals surface area contributed by atoms with Gasteiger partial charge in [0.2, 0.25) is 0 Å². The lowest BCUT2D eigenvalue weighted by Crippen LogP contribution is -2.44. The molecule has 0 saturated heterocycles. The second-order valence-electron chi connectivity index (χ2n) is 7.49. The van der Waals surface area contributed by atoms with Crippen LogP contribution in [-0.4, -0.2) is 28.7 Å². The number of carbonyl (C=O) groups excluding carboxylic acids is 2. The smallest absolute Gasteiger partial charge is 0.408 e. The lowest BCUT2D eigenvalue weighted by atomic mass is 10.1. The molecule has 2 rings (SSSR count). The van der Waals surface area contributed by atoms with E-state index in [2.05, 4.69) is 22.1 Å². The Balaban J connectivity index is 2.07. The highest BCUT2D eigenvalue weighted by Gasteiger charge is 2.25. The van der Waals surface area contributed by atoms with Crippen LogP contribution in [-0.2, 0) is 20.9 Å². The maximum Gasteiger partial charge on any atom is 0.408 e. The summed E-state index contributed by atoms with van der Waals surface area (Å²) < 4.78 is 10.6. The molecule has 0 aliphatic carbocycles. The van der Waals surface area contributed by atoms with Gasteiger partial charge < -0.3 is 14.8 Å². The molecule has 2 aromatic rings. The van der Waals surface area contributed by atoms with Crippen LogP contribution in [0.3, 0.4) is 0 Å². The van der Waals surface area contributed by atoms with Crippen molar-refractivity contribution in [3.8, 4) is 11.8 Å². The van der Waals surface area contributed by atoms with Crippen LogP contribution in [0.25, 0.3) is 0 Å². The van der Waals surface area contributed by atoms with E-state index >= 15 is 0 Å². The maximum atomic E-state index is 12.6. The SMILES string of the molecule is Cc1ccncc1C#CCC(NC(=O)OC(C)(C)C)C(=O)OCc1ccccc1. The molecule has 29 heavy (non-hydrogen) atoms. The molecular formula is C23H26N2O4. The molecule has 0 bridgehead atoms. The number of nitrogens with one attached hydrogen (secondary N) is 1. The lowest BCUT2D eigenvalue weighted by Gasteiger charge is -2.22. The van der Waals surface area contributed by atoms with Crippen LogP contribution >= 0.6 is 0 Å². The van der Waals surface area contributed by atoms with Crippen LogP contribution in [0, 0.1) is 18.8 Å². The first kappa shape index (κ1) is 22.0. The molecule has 0 radical (unpaired) electrons. The number of pyridine rings is 1. The van der Waals surface area contributed by atoms with Gasteiger partial charge in [-0.2, -0.15) is 0 Å². The van der Waals surface area contributed by atoms with Crippen molar-refractivity contribution in [3.05, 3.63) is 65.5 Å². The second kappa shape index (κ2) is 10.3. The number of benzene rings is 1. The average Bonchev–Trinajstić information content (AvgIpc) is 2.66. The minimum absolute atomic E-state index is 0.0845. The first-order chi connectivity index (χ1) is 13.7. The number of aromatic nitrogens is 1. The molecular weight excluding hydrogens is 368 g/mol. The summed E-state index contributed by atoms with van der Waals surface area (Å²) in [7, 11) is 0. The average molecular weight is 394 g/mol. The predicted octanol–water partition coefficient (Wildman–Crippen LogP) is 3.77. The summed E-state index contributed by atoms with van der Waals surface area (Å²) in [6.07, 6.45) is 2.74. The Kier molecular flexibility index (Phi) is 7.79. The summed E-state index contributed by atoms with van der Waals surface area (Å²) in [4.78, 5) is 28.7. The van der Waals surface area contributed by atoms with Gasteiger partial charge in [-0.15, -0.1) is 0 Å². The van der Waals surface area contributed by atoms with Crippen molar-refractivity contribution in [2.45, 2.75) is 52.4 Å². The molecule has 6 heteroatoms. The van der Waals surface area contributed by atoms with Crippen molar-refractivity contribution in [2.24, 2.45) is 0 Å². The van der Waals surface area contributed by atoms with Gasteiger partial charge >= 0.3 is 12.1 Å². The summed E-state index contributed by atoms with van der Waals surface area (Å²) in [5.41, 5.74) is 1.92. The molecule has 0 saturated carbocycles. The van der Waals surface area contributed by atoms with E-state index in [1.165, 1.54) is 0 Å². The molecule has 6 nitrogen and oxygen atoms in total. The number of alkyl carbamates (subject to hydrolysis) is 1. The molecule has 152 valence electrons. The number of rotatable bonds is 5. The van der Waals surface area contributed by atoms with E-state index in [1.807, 2.05) is 43.3 Å². The quantitative estimate of drug-likeness (QED) is 0.617. The van der Waals surface area contributed by atoms with Crippen molar-refractivity contribution in [3.63, 3.8) is 0 Å². The number of hydrogen-bond acceptors (Lipinski definition) is 5. The van der Waals surface area contributed by atoms with Crippen LogP contribution in [0.4, 0.5) is 4.79 Å². The van der Waals surface area contributed by atoms with Gasteiger partial charge in [-0.3, -0.25) is 4.98 Å². The fraction of sp³-hybridized carbons (Fsp3) is 0.348. The number of hydrogen-bond donors (Lipinski definition) is 1. The first-order valence-corrected chi connectivity index (χ1v) is 9.34. The maximum absolute atomic E-state index is 12.6. The van der Waals surface area contributed by atoms with Crippen molar-refractivity contribution >= 4 is 12.1 Å². The molecule has 0 aliphatic rings. The van der Waals surface area contributed by atoms with Crippen molar-refractivity contribution in [1.82, 2.24) is 10.3 Å². The fourth-order valence-electron chi connectivity index (χ4n) is 2.32. The molecule has 1 atom stereocenters. The number of aryl methyl sites for hydroxylation is 1. The molecule has 1 amide bonds. The van der Waals surface area contributed by atoms with Gasteiger partial charge in [-0.1, -0.05) is 42.2 Å².